The fourth-order valence-corrected chi connectivity index (χ4v) is 5.62. The van der Waals surface area contributed by atoms with Gasteiger partial charge in [-0.3, -0.25) is 9.59 Å². The van der Waals surface area contributed by atoms with E-state index in [-0.39, 0.29) is 30.3 Å². The molecule has 3 amide bonds. The average Bonchev–Trinajstić information content (AvgIpc) is 3.37. The summed E-state index contributed by atoms with van der Waals surface area (Å²) in [6.45, 7) is 1.62. The van der Waals surface area contributed by atoms with E-state index >= 15 is 0 Å². The van der Waals surface area contributed by atoms with Crippen LogP contribution >= 0.6 is 22.9 Å². The Morgan fingerprint density at radius 2 is 2.03 bits per heavy atom. The van der Waals surface area contributed by atoms with Gasteiger partial charge in [0.2, 0.25) is 11.9 Å². The van der Waals surface area contributed by atoms with Gasteiger partial charge < -0.3 is 26.0 Å². The van der Waals surface area contributed by atoms with Crippen molar-refractivity contribution in [2.24, 2.45) is 5.92 Å². The highest BCUT2D eigenvalue weighted by Gasteiger charge is 2.30. The smallest absolute Gasteiger partial charge is 0.407 e. The molecule has 10 nitrogen and oxygen atoms in total. The van der Waals surface area contributed by atoms with Crippen LogP contribution in [0, 0.1) is 5.92 Å². The van der Waals surface area contributed by atoms with Crippen LogP contribution in [0.4, 0.5) is 10.7 Å². The summed E-state index contributed by atoms with van der Waals surface area (Å²) < 4.78 is 0.979. The number of benzene rings is 1. The Balaban J connectivity index is 1.18. The molecule has 1 atom stereocenters. The number of hydrogen-bond acceptors (Lipinski definition) is 7. The third-order valence-corrected chi connectivity index (χ3v) is 7.85. The van der Waals surface area contributed by atoms with E-state index < -0.39 is 6.09 Å². The Labute approximate surface area is 222 Å². The molecule has 2 aliphatic rings. The number of halogens is 1. The number of anilines is 1. The highest BCUT2D eigenvalue weighted by atomic mass is 35.5. The third kappa shape index (κ3) is 5.94. The summed E-state index contributed by atoms with van der Waals surface area (Å²) in [5, 5.41) is 19.4. The molecule has 4 N–H and O–H groups in total. The number of hydrogen-bond donors (Lipinski definition) is 4. The Hall–Kier alpha value is -3.44. The van der Waals surface area contributed by atoms with Crippen LogP contribution in [0.25, 0.3) is 20.7 Å². The number of nitrogens with one attached hydrogen (secondary N) is 3. The Bertz CT molecular complexity index is 1340. The molecule has 3 aromatic rings. The fraction of sp³-hybridized carbons (Fsp3) is 0.400. The second kappa shape index (κ2) is 10.9. The summed E-state index contributed by atoms with van der Waals surface area (Å²) in [6, 6.07) is 7.92. The lowest BCUT2D eigenvalue weighted by atomic mass is 10.1. The number of amides is 3. The summed E-state index contributed by atoms with van der Waals surface area (Å²) in [5.41, 5.74) is 1.23. The predicted molar refractivity (Wildman–Crippen MR) is 142 cm³/mol. The van der Waals surface area contributed by atoms with Crippen LogP contribution in [-0.4, -0.2) is 70.1 Å². The minimum Gasteiger partial charge on any atom is -0.465 e. The zero-order valence-electron chi connectivity index (χ0n) is 20.0. The highest BCUT2D eigenvalue weighted by molar-refractivity contribution is 7.22. The number of carbonyl (C=O) groups excluding carboxylic acids is 2. The van der Waals surface area contributed by atoms with Crippen LogP contribution in [0.5, 0.6) is 0 Å². The number of rotatable bonds is 9. The molecule has 2 fully saturated rings. The van der Waals surface area contributed by atoms with Crippen molar-refractivity contribution in [1.82, 2.24) is 25.5 Å². The molecule has 0 unspecified atom stereocenters. The topological polar surface area (TPSA) is 137 Å². The summed E-state index contributed by atoms with van der Waals surface area (Å²) in [4.78, 5) is 46.9. The first kappa shape index (κ1) is 25.2. The van der Waals surface area contributed by atoms with Gasteiger partial charge in [0, 0.05) is 47.9 Å². The van der Waals surface area contributed by atoms with Gasteiger partial charge in [-0.2, -0.15) is 0 Å². The van der Waals surface area contributed by atoms with Crippen LogP contribution < -0.4 is 16.0 Å². The molecule has 0 radical (unpaired) electrons. The first-order valence-electron chi connectivity index (χ1n) is 12.2. The Morgan fingerprint density at radius 1 is 1.19 bits per heavy atom. The summed E-state index contributed by atoms with van der Waals surface area (Å²) in [6.07, 6.45) is 3.81. The molecular weight excluding hydrogens is 516 g/mol. The maximum Gasteiger partial charge on any atom is 0.407 e. The van der Waals surface area contributed by atoms with Gasteiger partial charge in [-0.15, -0.1) is 11.3 Å². The molecule has 0 spiro atoms. The minimum atomic E-state index is -0.989. The maximum atomic E-state index is 12.7. The first-order chi connectivity index (χ1) is 17.9. The number of carbonyl (C=O) groups is 3. The summed E-state index contributed by atoms with van der Waals surface area (Å²) in [7, 11) is 0. The van der Waals surface area contributed by atoms with Crippen LogP contribution in [0.2, 0.25) is 5.02 Å². The molecule has 1 aliphatic carbocycles. The van der Waals surface area contributed by atoms with Crippen LogP contribution in [0.1, 0.15) is 36.0 Å². The number of fused-ring (bicyclic) bond motifs is 1. The molecule has 194 valence electrons. The number of thiophene rings is 1. The summed E-state index contributed by atoms with van der Waals surface area (Å²) in [5.74, 6) is -0.0628. The van der Waals surface area contributed by atoms with Crippen LogP contribution in [0.15, 0.2) is 30.5 Å². The lowest BCUT2D eigenvalue weighted by Crippen LogP contribution is -2.35. The first-order valence-corrected chi connectivity index (χ1v) is 13.4. The van der Waals surface area contributed by atoms with E-state index in [1.54, 1.807) is 6.20 Å². The molecule has 1 aromatic carbocycles. The number of likely N-dealkylation sites (tertiary alicyclic amines) is 1. The van der Waals surface area contributed by atoms with Gasteiger partial charge in [-0.25, -0.2) is 14.8 Å². The molecule has 37 heavy (non-hydrogen) atoms. The molecule has 1 saturated carbocycles. The second-order valence-corrected chi connectivity index (χ2v) is 10.7. The van der Waals surface area contributed by atoms with Crippen molar-refractivity contribution in [2.45, 2.75) is 31.7 Å². The normalized spacial score (nSPS) is 17.1. The number of aromatic nitrogens is 2. The van der Waals surface area contributed by atoms with E-state index in [2.05, 4.69) is 25.9 Å². The summed E-state index contributed by atoms with van der Waals surface area (Å²) >= 11 is 7.95. The van der Waals surface area contributed by atoms with Gasteiger partial charge in [0.15, 0.2) is 0 Å². The monoisotopic (exact) mass is 542 g/mol. The number of carboxylic acid groups (broad SMARTS) is 1. The van der Waals surface area contributed by atoms with Gasteiger partial charge in [0.05, 0.1) is 22.0 Å². The van der Waals surface area contributed by atoms with Crippen molar-refractivity contribution in [3.8, 4) is 10.6 Å². The minimum absolute atomic E-state index is 0.0622. The Morgan fingerprint density at radius 3 is 2.78 bits per heavy atom. The molecule has 0 bridgehead atoms. The zero-order valence-corrected chi connectivity index (χ0v) is 21.6. The fourth-order valence-electron chi connectivity index (χ4n) is 4.28. The van der Waals surface area contributed by atoms with E-state index in [4.69, 9.17) is 16.7 Å². The molecule has 1 aliphatic heterocycles. The SMILES string of the molecule is O=C(NC1CC1)c1cccc2sc(-c3nc(NCCCNC(=O)[C@H]4CCN(C(=O)O)C4)ncc3Cl)cc12. The van der Waals surface area contributed by atoms with Crippen LogP contribution in [-0.2, 0) is 4.79 Å². The van der Waals surface area contributed by atoms with Crippen LogP contribution in [0.3, 0.4) is 0 Å². The van der Waals surface area contributed by atoms with E-state index in [1.165, 1.54) is 16.2 Å². The quantitative estimate of drug-likeness (QED) is 0.302. The van der Waals surface area contributed by atoms with E-state index in [1.807, 2.05) is 24.3 Å². The Kier molecular flexibility index (Phi) is 7.43. The molecule has 3 heterocycles. The lowest BCUT2D eigenvalue weighted by molar-refractivity contribution is -0.124. The van der Waals surface area contributed by atoms with Gasteiger partial charge in [-0.05, 0) is 43.9 Å². The molecule has 2 aromatic heterocycles. The lowest BCUT2D eigenvalue weighted by Gasteiger charge is -2.12. The van der Waals surface area contributed by atoms with Crippen molar-refractivity contribution < 1.29 is 19.5 Å². The predicted octanol–water partition coefficient (Wildman–Crippen LogP) is 3.82. The van der Waals surface area contributed by atoms with Crippen molar-refractivity contribution in [2.75, 3.05) is 31.5 Å². The van der Waals surface area contributed by atoms with Gasteiger partial charge in [0.1, 0.15) is 5.69 Å². The van der Waals surface area contributed by atoms with E-state index in [0.29, 0.717) is 54.7 Å². The number of nitrogens with zero attached hydrogens (tertiary/aromatic N) is 3. The zero-order chi connectivity index (χ0) is 25.9. The van der Waals surface area contributed by atoms with Crippen molar-refractivity contribution in [1.29, 1.82) is 0 Å². The van der Waals surface area contributed by atoms with E-state index in [9.17, 15) is 14.4 Å². The van der Waals surface area contributed by atoms with Crippen molar-refractivity contribution in [3.63, 3.8) is 0 Å². The largest absolute Gasteiger partial charge is 0.465 e. The average molecular weight is 543 g/mol. The van der Waals surface area contributed by atoms with Crippen molar-refractivity contribution >= 4 is 56.9 Å². The van der Waals surface area contributed by atoms with Gasteiger partial charge >= 0.3 is 6.09 Å². The molecule has 1 saturated heterocycles. The molecule has 12 heteroatoms. The highest BCUT2D eigenvalue weighted by Crippen LogP contribution is 2.37. The standard InChI is InChI=1S/C25H27ClN6O4S/c26-18-12-29-24(28-9-2-8-27-22(33)14-7-10-32(13-14)25(35)36)31-21(18)20-11-17-16(3-1-4-19(17)37-20)23(34)30-15-5-6-15/h1,3-4,11-12,14-15H,2,5-10,13H2,(H,27,33)(H,30,34)(H,35,36)(H,28,29,31)/t14-/m0/s1. The second-order valence-electron chi connectivity index (χ2n) is 9.25. The van der Waals surface area contributed by atoms with Crippen molar-refractivity contribution in [3.05, 3.63) is 41.0 Å². The molecular formula is C25H27ClN6O4S. The maximum absolute atomic E-state index is 12.7. The third-order valence-electron chi connectivity index (χ3n) is 6.46. The molecule has 5 rings (SSSR count). The van der Waals surface area contributed by atoms with Gasteiger partial charge in [-0.1, -0.05) is 17.7 Å². The van der Waals surface area contributed by atoms with E-state index in [0.717, 1.165) is 27.8 Å². The van der Waals surface area contributed by atoms with Gasteiger partial charge in [0.25, 0.3) is 5.91 Å².